The minimum atomic E-state index is 0.105. The number of carbonyl (C=O) groups is 2. The van der Waals surface area contributed by atoms with Crippen molar-refractivity contribution in [3.8, 4) is 0 Å². The summed E-state index contributed by atoms with van der Waals surface area (Å²) in [6.45, 7) is 4.93. The summed E-state index contributed by atoms with van der Waals surface area (Å²) in [4.78, 5) is 32.4. The Hall–Kier alpha value is -1.70. The van der Waals surface area contributed by atoms with E-state index in [1.54, 1.807) is 22.7 Å². The average molecular weight is 376 g/mol. The lowest BCUT2D eigenvalue weighted by Crippen LogP contribution is -2.51. The van der Waals surface area contributed by atoms with Crippen LogP contribution in [0.3, 0.4) is 0 Å². The van der Waals surface area contributed by atoms with E-state index in [1.165, 1.54) is 10.4 Å². The maximum Gasteiger partial charge on any atom is 0.254 e. The van der Waals surface area contributed by atoms with Gasteiger partial charge in [0.15, 0.2) is 0 Å². The fraction of sp³-hybridized carbons (Fsp3) is 0.444. The van der Waals surface area contributed by atoms with Crippen molar-refractivity contribution in [1.82, 2.24) is 14.7 Å². The van der Waals surface area contributed by atoms with Crippen molar-refractivity contribution in [2.75, 3.05) is 39.3 Å². The van der Waals surface area contributed by atoms with Gasteiger partial charge in [-0.15, -0.1) is 11.3 Å². The number of carbonyl (C=O) groups excluding carboxylic acids is 2. The van der Waals surface area contributed by atoms with Crippen LogP contribution in [0.2, 0.25) is 0 Å². The van der Waals surface area contributed by atoms with Crippen molar-refractivity contribution in [3.63, 3.8) is 0 Å². The van der Waals surface area contributed by atoms with Crippen LogP contribution in [0, 0.1) is 0 Å². The highest BCUT2D eigenvalue weighted by atomic mass is 32.1. The zero-order chi connectivity index (χ0) is 17.2. The molecule has 132 valence electrons. The van der Waals surface area contributed by atoms with Gasteiger partial charge in [-0.1, -0.05) is 0 Å². The summed E-state index contributed by atoms with van der Waals surface area (Å²) in [5.74, 6) is 0.308. The van der Waals surface area contributed by atoms with Crippen LogP contribution in [0.25, 0.3) is 0 Å². The highest BCUT2D eigenvalue weighted by molar-refractivity contribution is 7.10. The average Bonchev–Trinajstić information content (AvgIpc) is 3.32. The second-order valence-electron chi connectivity index (χ2n) is 6.51. The number of amides is 2. The first-order chi connectivity index (χ1) is 12.2. The number of piperazine rings is 1. The third-order valence-electron chi connectivity index (χ3n) is 4.95. The van der Waals surface area contributed by atoms with E-state index in [9.17, 15) is 9.59 Å². The van der Waals surface area contributed by atoms with Gasteiger partial charge in [0.25, 0.3) is 5.91 Å². The molecular weight excluding hydrogens is 354 g/mol. The number of thiophene rings is 2. The summed E-state index contributed by atoms with van der Waals surface area (Å²) < 4.78 is 0. The Morgan fingerprint density at radius 2 is 1.84 bits per heavy atom. The van der Waals surface area contributed by atoms with Crippen molar-refractivity contribution >= 4 is 34.5 Å². The van der Waals surface area contributed by atoms with E-state index in [-0.39, 0.29) is 11.8 Å². The molecule has 25 heavy (non-hydrogen) atoms. The normalized spacial score (nSPS) is 18.2. The van der Waals surface area contributed by atoms with Gasteiger partial charge in [0.05, 0.1) is 12.1 Å². The fourth-order valence-electron chi connectivity index (χ4n) is 3.43. The summed E-state index contributed by atoms with van der Waals surface area (Å²) in [6.07, 6.45) is 0.974. The first-order valence-electron chi connectivity index (χ1n) is 8.57. The molecule has 2 aliphatic rings. The summed E-state index contributed by atoms with van der Waals surface area (Å²) in [6, 6.07) is 4.01. The van der Waals surface area contributed by atoms with Crippen LogP contribution in [0.5, 0.6) is 0 Å². The van der Waals surface area contributed by atoms with Gasteiger partial charge >= 0.3 is 0 Å². The molecule has 1 fully saturated rings. The van der Waals surface area contributed by atoms with Crippen molar-refractivity contribution < 1.29 is 9.59 Å². The van der Waals surface area contributed by atoms with E-state index in [4.69, 9.17) is 0 Å². The molecule has 0 N–H and O–H groups in total. The Balaban J connectivity index is 1.27. The molecule has 4 heterocycles. The van der Waals surface area contributed by atoms with Crippen LogP contribution in [-0.2, 0) is 17.8 Å². The SMILES string of the molecule is O=C(CN1CCN(C(=O)c2ccsc2)CC1)N1CCc2sccc2C1. The highest BCUT2D eigenvalue weighted by Crippen LogP contribution is 2.24. The lowest BCUT2D eigenvalue weighted by Gasteiger charge is -2.36. The second-order valence-corrected chi connectivity index (χ2v) is 8.30. The monoisotopic (exact) mass is 375 g/mol. The molecule has 2 aromatic heterocycles. The Bertz CT molecular complexity index is 748. The topological polar surface area (TPSA) is 43.9 Å². The molecule has 2 aromatic rings. The molecule has 0 radical (unpaired) electrons. The quantitative estimate of drug-likeness (QED) is 0.826. The standard InChI is InChI=1S/C18H21N3O2S2/c22-17(21-4-1-16-14(11-21)3-10-25-16)12-19-5-7-20(8-6-19)18(23)15-2-9-24-13-15/h2-3,9-10,13H,1,4-8,11-12H2. The van der Waals surface area contributed by atoms with Crippen LogP contribution in [0.1, 0.15) is 20.8 Å². The van der Waals surface area contributed by atoms with Gasteiger partial charge in [0.1, 0.15) is 0 Å². The molecule has 1 saturated heterocycles. The van der Waals surface area contributed by atoms with Gasteiger partial charge < -0.3 is 9.80 Å². The molecule has 4 rings (SSSR count). The van der Waals surface area contributed by atoms with E-state index in [1.807, 2.05) is 26.6 Å². The highest BCUT2D eigenvalue weighted by Gasteiger charge is 2.26. The largest absolute Gasteiger partial charge is 0.337 e. The van der Waals surface area contributed by atoms with Crippen LogP contribution < -0.4 is 0 Å². The summed E-state index contributed by atoms with van der Waals surface area (Å²) in [5, 5.41) is 5.94. The zero-order valence-corrected chi connectivity index (χ0v) is 15.7. The van der Waals surface area contributed by atoms with E-state index in [0.29, 0.717) is 19.6 Å². The molecule has 5 nitrogen and oxygen atoms in total. The Morgan fingerprint density at radius 1 is 1.00 bits per heavy atom. The van der Waals surface area contributed by atoms with Gasteiger partial charge in [-0.25, -0.2) is 0 Å². The third kappa shape index (κ3) is 3.63. The zero-order valence-electron chi connectivity index (χ0n) is 14.0. The Labute approximate surface area is 155 Å². The van der Waals surface area contributed by atoms with Crippen LogP contribution in [0.15, 0.2) is 28.3 Å². The molecule has 0 bridgehead atoms. The van der Waals surface area contributed by atoms with E-state index in [2.05, 4.69) is 16.3 Å². The lowest BCUT2D eigenvalue weighted by molar-refractivity contribution is -0.133. The Kier molecular flexibility index (Phi) is 4.87. The molecule has 0 saturated carbocycles. The molecule has 7 heteroatoms. The maximum atomic E-state index is 12.6. The van der Waals surface area contributed by atoms with Gasteiger partial charge in [-0.2, -0.15) is 11.3 Å². The molecule has 2 aliphatic heterocycles. The predicted molar refractivity (Wildman–Crippen MR) is 100 cm³/mol. The molecule has 0 atom stereocenters. The van der Waals surface area contributed by atoms with Crippen molar-refractivity contribution in [2.45, 2.75) is 13.0 Å². The first kappa shape index (κ1) is 16.8. The van der Waals surface area contributed by atoms with Gasteiger partial charge in [0.2, 0.25) is 5.91 Å². The molecule has 0 spiro atoms. The number of rotatable bonds is 3. The van der Waals surface area contributed by atoms with Crippen LogP contribution in [-0.4, -0.2) is 65.8 Å². The predicted octanol–water partition coefficient (Wildman–Crippen LogP) is 2.15. The molecule has 0 aliphatic carbocycles. The number of hydrogen-bond donors (Lipinski definition) is 0. The molecule has 0 aromatic carbocycles. The second kappa shape index (κ2) is 7.27. The number of hydrogen-bond acceptors (Lipinski definition) is 5. The van der Waals surface area contributed by atoms with Crippen LogP contribution in [0.4, 0.5) is 0 Å². The smallest absolute Gasteiger partial charge is 0.254 e. The minimum absolute atomic E-state index is 0.105. The minimum Gasteiger partial charge on any atom is -0.337 e. The van der Waals surface area contributed by atoms with Crippen molar-refractivity contribution in [1.29, 1.82) is 0 Å². The van der Waals surface area contributed by atoms with E-state index in [0.717, 1.165) is 38.2 Å². The van der Waals surface area contributed by atoms with Crippen LogP contribution >= 0.6 is 22.7 Å². The molecule has 2 amide bonds. The van der Waals surface area contributed by atoms with Gasteiger partial charge in [-0.05, 0) is 34.9 Å². The lowest BCUT2D eigenvalue weighted by atomic mass is 10.1. The van der Waals surface area contributed by atoms with Gasteiger partial charge in [0, 0.05) is 49.5 Å². The van der Waals surface area contributed by atoms with E-state index >= 15 is 0 Å². The summed E-state index contributed by atoms with van der Waals surface area (Å²) in [7, 11) is 0. The molecule has 0 unspecified atom stereocenters. The fourth-order valence-corrected chi connectivity index (χ4v) is 4.95. The summed E-state index contributed by atoms with van der Waals surface area (Å²) >= 11 is 3.34. The third-order valence-corrected chi connectivity index (χ3v) is 6.65. The number of nitrogens with zero attached hydrogens (tertiary/aromatic N) is 3. The van der Waals surface area contributed by atoms with Gasteiger partial charge in [-0.3, -0.25) is 14.5 Å². The first-order valence-corrected chi connectivity index (χ1v) is 10.4. The molecular formula is C18H21N3O2S2. The van der Waals surface area contributed by atoms with Crippen molar-refractivity contribution in [3.05, 3.63) is 44.3 Å². The Morgan fingerprint density at radius 3 is 2.60 bits per heavy atom. The number of fused-ring (bicyclic) bond motifs is 1. The maximum absolute atomic E-state index is 12.6. The van der Waals surface area contributed by atoms with Crippen molar-refractivity contribution in [2.24, 2.45) is 0 Å². The summed E-state index contributed by atoms with van der Waals surface area (Å²) in [5.41, 5.74) is 2.07. The van der Waals surface area contributed by atoms with E-state index < -0.39 is 0 Å².